The number of fused-ring (bicyclic) bond motifs is 1. The van der Waals surface area contributed by atoms with Crippen LogP contribution >= 0.6 is 24.0 Å². The van der Waals surface area contributed by atoms with Gasteiger partial charge in [0.25, 0.3) is 0 Å². The molecular weight excluding hydrogens is 489 g/mol. The van der Waals surface area contributed by atoms with Gasteiger partial charge in [-0.1, -0.05) is 24.1 Å². The van der Waals surface area contributed by atoms with Crippen molar-refractivity contribution in [3.63, 3.8) is 0 Å². The molecule has 0 bridgehead atoms. The third kappa shape index (κ3) is 5.65. The Morgan fingerprint density at radius 2 is 1.97 bits per heavy atom. The molecule has 0 amide bonds. The summed E-state index contributed by atoms with van der Waals surface area (Å²) >= 11 is 0. The fourth-order valence-electron chi connectivity index (χ4n) is 4.19. The summed E-state index contributed by atoms with van der Waals surface area (Å²) in [5.74, 6) is 2.97. The van der Waals surface area contributed by atoms with Crippen molar-refractivity contribution in [3.8, 4) is 0 Å². The third-order valence-corrected chi connectivity index (χ3v) is 5.84. The molecule has 2 N–H and O–H groups in total. The van der Waals surface area contributed by atoms with Crippen molar-refractivity contribution in [2.75, 3.05) is 24.5 Å². The molecule has 1 fully saturated rings. The Kier molecular flexibility index (Phi) is 8.35. The average Bonchev–Trinajstić information content (AvgIpc) is 3.27. The molecule has 0 aliphatic carbocycles. The number of aromatic nitrogens is 3. The van der Waals surface area contributed by atoms with Gasteiger partial charge in [-0.25, -0.2) is 4.99 Å². The van der Waals surface area contributed by atoms with Gasteiger partial charge in [0.05, 0.1) is 0 Å². The SMILES string of the molecule is CCNC(=NCc1nnc2n1CCCCC2)NC1CCN(c2ccc(C)cc2)C1.I. The van der Waals surface area contributed by atoms with E-state index in [1.54, 1.807) is 0 Å². The summed E-state index contributed by atoms with van der Waals surface area (Å²) in [4.78, 5) is 7.26. The number of anilines is 1. The van der Waals surface area contributed by atoms with Crippen LogP contribution in [0.2, 0.25) is 0 Å². The molecule has 1 atom stereocenters. The van der Waals surface area contributed by atoms with Crippen molar-refractivity contribution in [2.24, 2.45) is 4.99 Å². The van der Waals surface area contributed by atoms with Gasteiger partial charge in [-0.3, -0.25) is 0 Å². The topological polar surface area (TPSA) is 70.4 Å². The van der Waals surface area contributed by atoms with Crippen molar-refractivity contribution in [2.45, 2.75) is 65.1 Å². The lowest BCUT2D eigenvalue weighted by Crippen LogP contribution is -2.44. The lowest BCUT2D eigenvalue weighted by molar-refractivity contribution is 0.603. The number of nitrogens with zero attached hydrogens (tertiary/aromatic N) is 5. The van der Waals surface area contributed by atoms with Crippen LogP contribution in [0, 0.1) is 6.92 Å². The molecule has 2 aromatic rings. The highest BCUT2D eigenvalue weighted by Gasteiger charge is 2.23. The molecule has 1 aromatic heterocycles. The van der Waals surface area contributed by atoms with Crippen molar-refractivity contribution in [3.05, 3.63) is 41.5 Å². The summed E-state index contributed by atoms with van der Waals surface area (Å²) in [5.41, 5.74) is 2.60. The van der Waals surface area contributed by atoms with Gasteiger partial charge in [0.15, 0.2) is 11.8 Å². The maximum Gasteiger partial charge on any atom is 0.191 e. The predicted molar refractivity (Wildman–Crippen MR) is 133 cm³/mol. The van der Waals surface area contributed by atoms with Crippen LogP contribution in [0.1, 0.15) is 49.8 Å². The Balaban J connectivity index is 0.00000256. The quantitative estimate of drug-likeness (QED) is 0.358. The van der Waals surface area contributed by atoms with Crippen LogP contribution in [-0.2, 0) is 19.5 Å². The zero-order valence-electron chi connectivity index (χ0n) is 18.1. The van der Waals surface area contributed by atoms with E-state index in [0.717, 1.165) is 56.6 Å². The Morgan fingerprint density at radius 1 is 1.13 bits per heavy atom. The Morgan fingerprint density at radius 3 is 2.77 bits per heavy atom. The number of rotatable bonds is 5. The molecule has 1 unspecified atom stereocenters. The van der Waals surface area contributed by atoms with E-state index >= 15 is 0 Å². The van der Waals surface area contributed by atoms with Gasteiger partial charge >= 0.3 is 0 Å². The zero-order valence-corrected chi connectivity index (χ0v) is 20.4. The highest BCUT2D eigenvalue weighted by atomic mass is 127. The minimum absolute atomic E-state index is 0. The van der Waals surface area contributed by atoms with Crippen molar-refractivity contribution >= 4 is 35.6 Å². The van der Waals surface area contributed by atoms with E-state index in [1.807, 2.05) is 0 Å². The minimum Gasteiger partial charge on any atom is -0.369 e. The number of nitrogens with one attached hydrogen (secondary N) is 2. The summed E-state index contributed by atoms with van der Waals surface area (Å²) in [6.45, 7) is 8.73. The van der Waals surface area contributed by atoms with Gasteiger partial charge < -0.3 is 20.1 Å². The lowest BCUT2D eigenvalue weighted by atomic mass is 10.2. The fraction of sp³-hybridized carbons (Fsp3) is 0.591. The predicted octanol–water partition coefficient (Wildman–Crippen LogP) is 3.26. The molecule has 0 radical (unpaired) electrons. The van der Waals surface area contributed by atoms with Crippen LogP contribution in [-0.4, -0.2) is 46.4 Å². The fourth-order valence-corrected chi connectivity index (χ4v) is 4.19. The van der Waals surface area contributed by atoms with Gasteiger partial charge in [-0.2, -0.15) is 0 Å². The van der Waals surface area contributed by atoms with Crippen LogP contribution in [0.25, 0.3) is 0 Å². The van der Waals surface area contributed by atoms with E-state index in [9.17, 15) is 0 Å². The van der Waals surface area contributed by atoms with Gasteiger partial charge in [0, 0.05) is 44.3 Å². The number of benzene rings is 1. The Hall–Kier alpha value is -1.84. The van der Waals surface area contributed by atoms with Crippen molar-refractivity contribution in [1.82, 2.24) is 25.4 Å². The van der Waals surface area contributed by atoms with E-state index in [2.05, 4.69) is 68.4 Å². The second kappa shape index (κ2) is 11.0. The van der Waals surface area contributed by atoms with Crippen LogP contribution in [0.4, 0.5) is 5.69 Å². The number of aryl methyl sites for hydroxylation is 2. The molecular formula is C22H34IN7. The number of hydrogen-bond acceptors (Lipinski definition) is 4. The summed E-state index contributed by atoms with van der Waals surface area (Å²) in [5, 5.41) is 15.8. The summed E-state index contributed by atoms with van der Waals surface area (Å²) < 4.78 is 2.27. The normalized spacial score (nSPS) is 19.1. The monoisotopic (exact) mass is 523 g/mol. The van der Waals surface area contributed by atoms with E-state index in [1.165, 1.54) is 30.5 Å². The Bertz CT molecular complexity index is 831. The summed E-state index contributed by atoms with van der Waals surface area (Å²) in [7, 11) is 0. The average molecular weight is 523 g/mol. The second-order valence-corrected chi connectivity index (χ2v) is 8.10. The maximum atomic E-state index is 4.82. The van der Waals surface area contributed by atoms with E-state index in [0.29, 0.717) is 12.6 Å². The molecule has 1 aromatic carbocycles. The molecule has 0 saturated carbocycles. The highest BCUT2D eigenvalue weighted by Crippen LogP contribution is 2.21. The molecule has 0 spiro atoms. The number of hydrogen-bond donors (Lipinski definition) is 2. The van der Waals surface area contributed by atoms with Crippen LogP contribution in [0.5, 0.6) is 0 Å². The van der Waals surface area contributed by atoms with Gasteiger partial charge in [0.2, 0.25) is 0 Å². The smallest absolute Gasteiger partial charge is 0.191 e. The highest BCUT2D eigenvalue weighted by molar-refractivity contribution is 14.0. The standard InChI is InChI=1S/C22H33N7.HI/c1-3-23-22(24-15-21-27-26-20-7-5-4-6-13-29(20)21)25-18-12-14-28(16-18)19-10-8-17(2)9-11-19;/h8-11,18H,3-7,12-16H2,1-2H3,(H2,23,24,25);1H. The molecule has 2 aliphatic heterocycles. The molecule has 1 saturated heterocycles. The van der Waals surface area contributed by atoms with Crippen LogP contribution < -0.4 is 15.5 Å². The van der Waals surface area contributed by atoms with Gasteiger partial charge in [-0.15, -0.1) is 34.2 Å². The summed E-state index contributed by atoms with van der Waals surface area (Å²) in [6, 6.07) is 9.19. The number of aliphatic imine (C=N–C) groups is 1. The van der Waals surface area contributed by atoms with Crippen molar-refractivity contribution in [1.29, 1.82) is 0 Å². The largest absolute Gasteiger partial charge is 0.369 e. The molecule has 2 aliphatic rings. The maximum absolute atomic E-state index is 4.82. The molecule has 164 valence electrons. The van der Waals surface area contributed by atoms with Gasteiger partial charge in [-0.05, 0) is 45.2 Å². The Labute approximate surface area is 196 Å². The molecule has 8 heteroatoms. The number of guanidine groups is 1. The van der Waals surface area contributed by atoms with E-state index in [-0.39, 0.29) is 24.0 Å². The van der Waals surface area contributed by atoms with Crippen LogP contribution in [0.15, 0.2) is 29.3 Å². The first-order chi connectivity index (χ1) is 14.2. The van der Waals surface area contributed by atoms with Crippen molar-refractivity contribution < 1.29 is 0 Å². The van der Waals surface area contributed by atoms with E-state index in [4.69, 9.17) is 4.99 Å². The molecule has 3 heterocycles. The molecule has 7 nitrogen and oxygen atoms in total. The zero-order chi connectivity index (χ0) is 20.1. The van der Waals surface area contributed by atoms with Gasteiger partial charge in [0.1, 0.15) is 12.4 Å². The van der Waals surface area contributed by atoms with Crippen LogP contribution in [0.3, 0.4) is 0 Å². The number of halogens is 1. The lowest BCUT2D eigenvalue weighted by Gasteiger charge is -2.20. The summed E-state index contributed by atoms with van der Waals surface area (Å²) in [6.07, 6.45) is 5.84. The first-order valence-corrected chi connectivity index (χ1v) is 11.0. The second-order valence-electron chi connectivity index (χ2n) is 8.10. The molecule has 30 heavy (non-hydrogen) atoms. The minimum atomic E-state index is 0. The van der Waals surface area contributed by atoms with E-state index < -0.39 is 0 Å². The third-order valence-electron chi connectivity index (χ3n) is 5.84. The first-order valence-electron chi connectivity index (χ1n) is 11.0. The first kappa shape index (κ1) is 22.8. The molecule has 4 rings (SSSR count).